The molecule has 0 radical (unpaired) electrons. The molecule has 3 amide bonds. The van der Waals surface area contributed by atoms with Gasteiger partial charge in [-0.25, -0.2) is 4.79 Å². The number of hydrogen-bond acceptors (Lipinski definition) is 6. The van der Waals surface area contributed by atoms with E-state index in [4.69, 9.17) is 4.42 Å². The van der Waals surface area contributed by atoms with Crippen LogP contribution < -0.4 is 10.6 Å². The van der Waals surface area contributed by atoms with Crippen molar-refractivity contribution in [3.05, 3.63) is 54.3 Å². The minimum atomic E-state index is -0.511. The van der Waals surface area contributed by atoms with Crippen molar-refractivity contribution in [3.63, 3.8) is 0 Å². The van der Waals surface area contributed by atoms with E-state index in [0.29, 0.717) is 23.3 Å². The van der Waals surface area contributed by atoms with Crippen LogP contribution in [-0.4, -0.2) is 38.5 Å². The monoisotopic (exact) mass is 399 g/mol. The molecule has 28 heavy (non-hydrogen) atoms. The molecule has 0 saturated heterocycles. The third-order valence-corrected chi connectivity index (χ3v) is 4.61. The van der Waals surface area contributed by atoms with E-state index in [-0.39, 0.29) is 11.8 Å². The SMILES string of the molecule is CC(C)NC(=O)NC(=O)CSc1nnc(-c2ccco2)n1Cc1ccccc1. The highest BCUT2D eigenvalue weighted by Gasteiger charge is 2.18. The van der Waals surface area contributed by atoms with E-state index in [1.165, 1.54) is 11.8 Å². The number of furan rings is 1. The summed E-state index contributed by atoms with van der Waals surface area (Å²) < 4.78 is 7.35. The van der Waals surface area contributed by atoms with Gasteiger partial charge in [0.15, 0.2) is 10.9 Å². The second-order valence-corrected chi connectivity index (χ2v) is 7.26. The summed E-state index contributed by atoms with van der Waals surface area (Å²) in [7, 11) is 0. The van der Waals surface area contributed by atoms with Gasteiger partial charge in [0.25, 0.3) is 0 Å². The lowest BCUT2D eigenvalue weighted by atomic mass is 10.2. The summed E-state index contributed by atoms with van der Waals surface area (Å²) in [6, 6.07) is 12.9. The lowest BCUT2D eigenvalue weighted by Crippen LogP contribution is -2.43. The lowest BCUT2D eigenvalue weighted by Gasteiger charge is -2.10. The number of urea groups is 1. The molecule has 3 rings (SSSR count). The Morgan fingerprint density at radius 2 is 1.93 bits per heavy atom. The highest BCUT2D eigenvalue weighted by Crippen LogP contribution is 2.25. The first-order valence-electron chi connectivity index (χ1n) is 8.77. The van der Waals surface area contributed by atoms with Crippen LogP contribution in [0.1, 0.15) is 19.4 Å². The molecule has 0 aliphatic carbocycles. The minimum absolute atomic E-state index is 0.0383. The standard InChI is InChI=1S/C19H21N5O3S/c1-13(2)20-18(26)21-16(25)12-28-19-23-22-17(15-9-6-10-27-15)24(19)11-14-7-4-3-5-8-14/h3-10,13H,11-12H2,1-2H3,(H2,20,21,25,26). The number of aromatic nitrogens is 3. The fourth-order valence-electron chi connectivity index (χ4n) is 2.48. The van der Waals surface area contributed by atoms with Crippen molar-refractivity contribution in [1.82, 2.24) is 25.4 Å². The highest BCUT2D eigenvalue weighted by atomic mass is 32.2. The van der Waals surface area contributed by atoms with Gasteiger partial charge in [-0.05, 0) is 31.5 Å². The van der Waals surface area contributed by atoms with Crippen LogP contribution in [0.3, 0.4) is 0 Å². The van der Waals surface area contributed by atoms with Crippen molar-refractivity contribution < 1.29 is 14.0 Å². The first-order chi connectivity index (χ1) is 13.5. The number of nitrogens with zero attached hydrogens (tertiary/aromatic N) is 3. The zero-order valence-electron chi connectivity index (χ0n) is 15.6. The number of thioether (sulfide) groups is 1. The van der Waals surface area contributed by atoms with Crippen LogP contribution in [0.4, 0.5) is 4.79 Å². The maximum absolute atomic E-state index is 12.0. The normalized spacial score (nSPS) is 10.8. The summed E-state index contributed by atoms with van der Waals surface area (Å²) in [6.07, 6.45) is 1.57. The predicted octanol–water partition coefficient (Wildman–Crippen LogP) is 2.91. The van der Waals surface area contributed by atoms with E-state index in [1.54, 1.807) is 12.3 Å². The number of benzene rings is 1. The molecule has 9 heteroatoms. The average molecular weight is 399 g/mol. The maximum atomic E-state index is 12.0. The quantitative estimate of drug-likeness (QED) is 0.592. The number of carbonyl (C=O) groups is 2. The molecule has 0 bridgehead atoms. The molecule has 0 fully saturated rings. The number of nitrogens with one attached hydrogen (secondary N) is 2. The number of rotatable bonds is 7. The van der Waals surface area contributed by atoms with E-state index in [1.807, 2.05) is 54.8 Å². The van der Waals surface area contributed by atoms with Crippen LogP contribution in [-0.2, 0) is 11.3 Å². The van der Waals surface area contributed by atoms with Crippen molar-refractivity contribution in [2.45, 2.75) is 31.6 Å². The van der Waals surface area contributed by atoms with E-state index >= 15 is 0 Å². The van der Waals surface area contributed by atoms with Crippen LogP contribution in [0.25, 0.3) is 11.6 Å². The summed E-state index contributed by atoms with van der Waals surface area (Å²) in [5.74, 6) is 0.804. The van der Waals surface area contributed by atoms with Gasteiger partial charge >= 0.3 is 6.03 Å². The fraction of sp³-hybridized carbons (Fsp3) is 0.263. The third kappa shape index (κ3) is 5.23. The van der Waals surface area contributed by atoms with Gasteiger partial charge in [0.2, 0.25) is 11.7 Å². The van der Waals surface area contributed by atoms with Gasteiger partial charge < -0.3 is 9.73 Å². The van der Waals surface area contributed by atoms with Crippen LogP contribution in [0.2, 0.25) is 0 Å². The van der Waals surface area contributed by atoms with E-state index in [9.17, 15) is 9.59 Å². The van der Waals surface area contributed by atoms with E-state index < -0.39 is 11.9 Å². The van der Waals surface area contributed by atoms with Crippen molar-refractivity contribution in [2.24, 2.45) is 0 Å². The first kappa shape index (κ1) is 19.7. The van der Waals surface area contributed by atoms with Gasteiger partial charge in [0.05, 0.1) is 18.6 Å². The molecule has 2 heterocycles. The Bertz CT molecular complexity index is 922. The highest BCUT2D eigenvalue weighted by molar-refractivity contribution is 7.99. The molecule has 0 spiro atoms. The van der Waals surface area contributed by atoms with Gasteiger partial charge in [-0.3, -0.25) is 14.7 Å². The van der Waals surface area contributed by atoms with Crippen molar-refractivity contribution >= 4 is 23.7 Å². The molecule has 2 N–H and O–H groups in total. The van der Waals surface area contributed by atoms with Crippen LogP contribution in [0.5, 0.6) is 0 Å². The Hall–Kier alpha value is -3.07. The van der Waals surface area contributed by atoms with Gasteiger partial charge in [-0.1, -0.05) is 42.1 Å². The molecule has 0 aliphatic rings. The Kier molecular flexibility index (Phi) is 6.49. The van der Waals surface area contributed by atoms with Crippen molar-refractivity contribution in [3.8, 4) is 11.6 Å². The van der Waals surface area contributed by atoms with E-state index in [0.717, 1.165) is 5.56 Å². The van der Waals surface area contributed by atoms with Gasteiger partial charge in [-0.2, -0.15) is 0 Å². The van der Waals surface area contributed by atoms with Crippen LogP contribution in [0, 0.1) is 0 Å². The van der Waals surface area contributed by atoms with Gasteiger partial charge in [0.1, 0.15) is 0 Å². The summed E-state index contributed by atoms with van der Waals surface area (Å²) in [4.78, 5) is 23.7. The molecule has 0 atom stereocenters. The number of hydrogen-bond donors (Lipinski definition) is 2. The van der Waals surface area contributed by atoms with E-state index in [2.05, 4.69) is 20.8 Å². The Morgan fingerprint density at radius 1 is 1.14 bits per heavy atom. The molecule has 8 nitrogen and oxygen atoms in total. The molecule has 2 aromatic heterocycles. The Labute approximate surface area is 166 Å². The molecule has 1 aromatic carbocycles. The van der Waals surface area contributed by atoms with Gasteiger partial charge in [0, 0.05) is 6.04 Å². The molecule has 0 unspecified atom stereocenters. The van der Waals surface area contributed by atoms with Crippen molar-refractivity contribution in [2.75, 3.05) is 5.75 Å². The van der Waals surface area contributed by atoms with Gasteiger partial charge in [-0.15, -0.1) is 10.2 Å². The molecule has 0 saturated carbocycles. The summed E-state index contributed by atoms with van der Waals surface area (Å²) in [6.45, 7) is 4.17. The second-order valence-electron chi connectivity index (χ2n) is 6.32. The third-order valence-electron chi connectivity index (χ3n) is 3.65. The zero-order valence-corrected chi connectivity index (χ0v) is 16.4. The summed E-state index contributed by atoms with van der Waals surface area (Å²) in [5, 5.41) is 13.9. The predicted molar refractivity (Wildman–Crippen MR) is 106 cm³/mol. The number of amides is 3. The maximum Gasteiger partial charge on any atom is 0.321 e. The fourth-order valence-corrected chi connectivity index (χ4v) is 3.22. The summed E-state index contributed by atoms with van der Waals surface area (Å²) >= 11 is 1.21. The molecular formula is C19H21N5O3S. The minimum Gasteiger partial charge on any atom is -0.461 e. The summed E-state index contributed by atoms with van der Waals surface area (Å²) in [5.41, 5.74) is 1.07. The molecule has 3 aromatic rings. The average Bonchev–Trinajstić information content (AvgIpc) is 3.30. The Balaban J connectivity index is 1.73. The largest absolute Gasteiger partial charge is 0.461 e. The molecular weight excluding hydrogens is 378 g/mol. The van der Waals surface area contributed by atoms with Crippen molar-refractivity contribution in [1.29, 1.82) is 0 Å². The van der Waals surface area contributed by atoms with Crippen LogP contribution in [0.15, 0.2) is 58.3 Å². The topological polar surface area (TPSA) is 102 Å². The second kappa shape index (κ2) is 9.23. The zero-order chi connectivity index (χ0) is 19.9. The Morgan fingerprint density at radius 3 is 2.61 bits per heavy atom. The smallest absolute Gasteiger partial charge is 0.321 e. The lowest BCUT2D eigenvalue weighted by molar-refractivity contribution is -0.117. The van der Waals surface area contributed by atoms with Crippen LogP contribution >= 0.6 is 11.8 Å². The first-order valence-corrected chi connectivity index (χ1v) is 9.75. The molecule has 146 valence electrons. The number of imide groups is 1. The number of carbonyl (C=O) groups excluding carboxylic acids is 2. The molecule has 0 aliphatic heterocycles.